The number of carboxylic acids is 1. The zero-order chi connectivity index (χ0) is 13.8. The number of amides is 1. The summed E-state index contributed by atoms with van der Waals surface area (Å²) in [7, 11) is 0. The average Bonchev–Trinajstić information content (AvgIpc) is 2.40. The number of benzene rings is 1. The summed E-state index contributed by atoms with van der Waals surface area (Å²) in [4.78, 5) is 26.0. The molecular weight excluding hydrogens is 268 g/mol. The number of aromatic nitrogens is 1. The Balaban J connectivity index is 2.34. The summed E-state index contributed by atoms with van der Waals surface area (Å²) < 4.78 is 0. The molecule has 0 atom stereocenters. The van der Waals surface area contributed by atoms with E-state index in [0.717, 1.165) is 12.2 Å². The highest BCUT2D eigenvalue weighted by Gasteiger charge is 2.07. The lowest BCUT2D eigenvalue weighted by Gasteiger charge is -2.07. The lowest BCUT2D eigenvalue weighted by atomic mass is 10.2. The minimum atomic E-state index is -1.19. The van der Waals surface area contributed by atoms with Crippen LogP contribution in [0.5, 0.6) is 0 Å². The Bertz CT molecular complexity index is 683. The topological polar surface area (TPSA) is 79.3 Å². The summed E-state index contributed by atoms with van der Waals surface area (Å²) in [6.07, 6.45) is 3.29. The van der Waals surface area contributed by atoms with Gasteiger partial charge in [0.2, 0.25) is 5.91 Å². The number of aliphatic carboxylic acids is 1. The van der Waals surface area contributed by atoms with E-state index < -0.39 is 11.9 Å². The molecule has 0 radical (unpaired) electrons. The van der Waals surface area contributed by atoms with Crippen LogP contribution in [0.2, 0.25) is 5.02 Å². The first kappa shape index (κ1) is 13.0. The van der Waals surface area contributed by atoms with Crippen molar-refractivity contribution in [2.45, 2.75) is 0 Å². The quantitative estimate of drug-likeness (QED) is 0.844. The molecule has 0 aliphatic carbocycles. The van der Waals surface area contributed by atoms with Gasteiger partial charge in [0.05, 0.1) is 16.2 Å². The number of nitrogens with one attached hydrogen (secondary N) is 1. The number of rotatable bonds is 3. The van der Waals surface area contributed by atoms with Crippen molar-refractivity contribution in [3.8, 4) is 0 Å². The molecule has 1 aromatic carbocycles. The molecule has 0 spiro atoms. The third-order valence-corrected chi connectivity index (χ3v) is 2.68. The van der Waals surface area contributed by atoms with E-state index in [1.54, 1.807) is 30.5 Å². The van der Waals surface area contributed by atoms with E-state index in [4.69, 9.17) is 16.7 Å². The number of anilines is 1. The molecule has 0 aliphatic heterocycles. The van der Waals surface area contributed by atoms with Crippen LogP contribution in [0.1, 0.15) is 0 Å². The van der Waals surface area contributed by atoms with Gasteiger partial charge >= 0.3 is 5.97 Å². The van der Waals surface area contributed by atoms with Crippen LogP contribution in [0.15, 0.2) is 42.6 Å². The second kappa shape index (κ2) is 5.49. The van der Waals surface area contributed by atoms with Crippen LogP contribution in [-0.4, -0.2) is 22.0 Å². The van der Waals surface area contributed by atoms with Gasteiger partial charge in [-0.05, 0) is 24.3 Å². The first-order valence-corrected chi connectivity index (χ1v) is 5.71. The fourth-order valence-corrected chi connectivity index (χ4v) is 1.78. The molecule has 2 N–H and O–H groups in total. The summed E-state index contributed by atoms with van der Waals surface area (Å²) in [6.45, 7) is 0. The normalized spacial score (nSPS) is 10.8. The van der Waals surface area contributed by atoms with E-state index >= 15 is 0 Å². The van der Waals surface area contributed by atoms with Gasteiger partial charge in [0.1, 0.15) is 0 Å². The van der Waals surface area contributed by atoms with Gasteiger partial charge in [-0.3, -0.25) is 9.78 Å². The molecule has 0 saturated heterocycles. The summed E-state index contributed by atoms with van der Waals surface area (Å²) >= 11 is 6.02. The largest absolute Gasteiger partial charge is 0.478 e. The van der Waals surface area contributed by atoms with Gasteiger partial charge in [-0.15, -0.1) is 0 Å². The molecule has 2 aromatic rings. The molecule has 0 fully saturated rings. The highest BCUT2D eigenvalue weighted by atomic mass is 35.5. The van der Waals surface area contributed by atoms with Crippen LogP contribution in [0.3, 0.4) is 0 Å². The number of carbonyl (C=O) groups is 2. The smallest absolute Gasteiger partial charge is 0.328 e. The molecule has 0 bridgehead atoms. The Kier molecular flexibility index (Phi) is 3.77. The van der Waals surface area contributed by atoms with E-state index in [1.165, 1.54) is 0 Å². The number of hydrogen-bond acceptors (Lipinski definition) is 3. The van der Waals surface area contributed by atoms with Crippen LogP contribution in [0.25, 0.3) is 10.9 Å². The third-order valence-electron chi connectivity index (χ3n) is 2.35. The number of pyridine rings is 1. The highest BCUT2D eigenvalue weighted by molar-refractivity contribution is 6.36. The molecule has 2 rings (SSSR count). The maximum absolute atomic E-state index is 11.5. The van der Waals surface area contributed by atoms with Crippen molar-refractivity contribution in [3.63, 3.8) is 0 Å². The van der Waals surface area contributed by atoms with Crippen molar-refractivity contribution in [3.05, 3.63) is 47.6 Å². The minimum absolute atomic E-state index is 0.472. The number of halogens is 1. The molecule has 5 nitrogen and oxygen atoms in total. The minimum Gasteiger partial charge on any atom is -0.478 e. The molecule has 19 heavy (non-hydrogen) atoms. The van der Waals surface area contributed by atoms with Crippen LogP contribution in [0, 0.1) is 0 Å². The van der Waals surface area contributed by atoms with Crippen LogP contribution in [0.4, 0.5) is 5.69 Å². The number of nitrogens with zero attached hydrogens (tertiary/aromatic N) is 1. The van der Waals surface area contributed by atoms with Gasteiger partial charge in [0.25, 0.3) is 0 Å². The van der Waals surface area contributed by atoms with E-state index in [0.29, 0.717) is 21.6 Å². The van der Waals surface area contributed by atoms with Gasteiger partial charge in [0.15, 0.2) is 0 Å². The van der Waals surface area contributed by atoms with Gasteiger partial charge in [-0.25, -0.2) is 4.79 Å². The van der Waals surface area contributed by atoms with Gasteiger partial charge in [-0.2, -0.15) is 0 Å². The van der Waals surface area contributed by atoms with E-state index in [-0.39, 0.29) is 0 Å². The molecule has 1 aromatic heterocycles. The molecule has 0 unspecified atom stereocenters. The fourth-order valence-electron chi connectivity index (χ4n) is 1.56. The van der Waals surface area contributed by atoms with Crippen molar-refractivity contribution in [1.29, 1.82) is 0 Å². The summed E-state index contributed by atoms with van der Waals surface area (Å²) in [6, 6.07) is 6.78. The molecular formula is C13H9ClN2O3. The number of fused-ring (bicyclic) bond motifs is 1. The molecule has 96 valence electrons. The molecule has 0 saturated carbocycles. The monoisotopic (exact) mass is 276 g/mol. The average molecular weight is 277 g/mol. The van der Waals surface area contributed by atoms with Crippen molar-refractivity contribution < 1.29 is 14.7 Å². The van der Waals surface area contributed by atoms with Gasteiger partial charge in [0, 0.05) is 23.7 Å². The SMILES string of the molecule is O=C(O)/C=C/C(=O)Nc1ccc(Cl)c2cccnc12. The van der Waals surface area contributed by atoms with E-state index in [2.05, 4.69) is 10.3 Å². The maximum Gasteiger partial charge on any atom is 0.328 e. The Hall–Kier alpha value is -2.40. The zero-order valence-corrected chi connectivity index (χ0v) is 10.4. The Morgan fingerprint density at radius 2 is 2.05 bits per heavy atom. The van der Waals surface area contributed by atoms with Crippen molar-refractivity contribution in [2.24, 2.45) is 0 Å². The second-order valence-electron chi connectivity index (χ2n) is 3.66. The summed E-state index contributed by atoms with van der Waals surface area (Å²) in [5.74, 6) is -1.73. The molecule has 0 aliphatic rings. The first-order valence-electron chi connectivity index (χ1n) is 5.33. The standard InChI is InChI=1S/C13H9ClN2O3/c14-9-3-4-10(13-8(9)2-1-7-15-13)16-11(17)5-6-12(18)19/h1-7H,(H,16,17)(H,18,19)/b6-5+. The second-order valence-corrected chi connectivity index (χ2v) is 4.06. The van der Waals surface area contributed by atoms with Crippen LogP contribution in [-0.2, 0) is 9.59 Å². The first-order chi connectivity index (χ1) is 9.08. The molecule has 6 heteroatoms. The van der Waals surface area contributed by atoms with Crippen molar-refractivity contribution in [2.75, 3.05) is 5.32 Å². The highest BCUT2D eigenvalue weighted by Crippen LogP contribution is 2.27. The van der Waals surface area contributed by atoms with Crippen LogP contribution < -0.4 is 5.32 Å². The molecule has 1 heterocycles. The lowest BCUT2D eigenvalue weighted by molar-refractivity contribution is -0.131. The van der Waals surface area contributed by atoms with E-state index in [9.17, 15) is 9.59 Å². The number of hydrogen-bond donors (Lipinski definition) is 2. The molecule has 1 amide bonds. The Morgan fingerprint density at radius 1 is 1.26 bits per heavy atom. The maximum atomic E-state index is 11.5. The predicted octanol–water partition coefficient (Wildman–Crippen LogP) is 2.47. The zero-order valence-electron chi connectivity index (χ0n) is 9.63. The predicted molar refractivity (Wildman–Crippen MR) is 72.2 cm³/mol. The summed E-state index contributed by atoms with van der Waals surface area (Å²) in [5.41, 5.74) is 1.02. The van der Waals surface area contributed by atoms with Gasteiger partial charge in [-0.1, -0.05) is 11.6 Å². The van der Waals surface area contributed by atoms with Gasteiger partial charge < -0.3 is 10.4 Å². The Labute approximate surface area is 113 Å². The number of carboxylic acid groups (broad SMARTS) is 1. The van der Waals surface area contributed by atoms with Crippen molar-refractivity contribution >= 4 is 40.1 Å². The Morgan fingerprint density at radius 3 is 2.79 bits per heavy atom. The van der Waals surface area contributed by atoms with Crippen LogP contribution >= 0.6 is 11.6 Å². The fraction of sp³-hybridized carbons (Fsp3) is 0. The summed E-state index contributed by atoms with van der Waals surface area (Å²) in [5, 5.41) is 12.2. The van der Waals surface area contributed by atoms with Crippen molar-refractivity contribution in [1.82, 2.24) is 4.98 Å². The van der Waals surface area contributed by atoms with E-state index in [1.807, 2.05) is 0 Å². The number of carbonyl (C=O) groups excluding carboxylic acids is 1. The third kappa shape index (κ3) is 3.08. The lowest BCUT2D eigenvalue weighted by Crippen LogP contribution is -2.09.